The number of ether oxygens (including phenoxy) is 2. The molecule has 0 spiro atoms. The molecule has 1 heterocycles. The molecule has 0 amide bonds. The molecule has 0 bridgehead atoms. The number of hydrogen-bond donors (Lipinski definition) is 1. The summed E-state index contributed by atoms with van der Waals surface area (Å²) in [5, 5.41) is 2.82. The fourth-order valence-corrected chi connectivity index (χ4v) is 2.22. The number of methoxy groups -OCH3 is 1. The normalized spacial score (nSPS) is 22.8. The first-order valence-corrected chi connectivity index (χ1v) is 6.67. The largest absolute Gasteiger partial charge is 0.390 e. The molecule has 6 nitrogen and oxygen atoms in total. The second kappa shape index (κ2) is 6.86. The van der Waals surface area contributed by atoms with Crippen molar-refractivity contribution in [1.29, 1.82) is 0 Å². The second-order valence-corrected chi connectivity index (χ2v) is 5.18. The Morgan fingerprint density at radius 3 is 2.61 bits per heavy atom. The summed E-state index contributed by atoms with van der Waals surface area (Å²) in [7, 11) is 1.40. The van der Waals surface area contributed by atoms with Crippen LogP contribution in [0.25, 0.3) is 0 Å². The lowest BCUT2D eigenvalue weighted by atomic mass is 10.1. The van der Waals surface area contributed by atoms with Crippen LogP contribution < -0.4 is 5.32 Å². The van der Waals surface area contributed by atoms with E-state index in [2.05, 4.69) is 5.32 Å². The third-order valence-corrected chi connectivity index (χ3v) is 3.43. The fraction of sp³-hybridized carbons (Fsp3) is 0.727. The molecule has 18 heavy (non-hydrogen) atoms. The smallest absolute Gasteiger partial charge is 0.361 e. The maximum absolute atomic E-state index is 11.8. The third-order valence-electron chi connectivity index (χ3n) is 2.61. The number of rotatable bonds is 5. The molecule has 1 atom stereocenters. The van der Waals surface area contributed by atoms with Gasteiger partial charge in [-0.25, -0.2) is 4.79 Å². The van der Waals surface area contributed by atoms with E-state index in [1.165, 1.54) is 14.0 Å². The number of hydrogen-bond acceptors (Lipinski definition) is 7. The summed E-state index contributed by atoms with van der Waals surface area (Å²) in [5.74, 6) is -1.03. The highest BCUT2D eigenvalue weighted by molar-refractivity contribution is 8.13. The maximum Gasteiger partial charge on any atom is 0.361 e. The van der Waals surface area contributed by atoms with Crippen molar-refractivity contribution < 1.29 is 23.9 Å². The van der Waals surface area contributed by atoms with Crippen molar-refractivity contribution in [2.24, 2.45) is 0 Å². The van der Waals surface area contributed by atoms with Gasteiger partial charge in [-0.1, -0.05) is 11.8 Å². The van der Waals surface area contributed by atoms with Gasteiger partial charge in [-0.3, -0.25) is 14.9 Å². The number of thioether (sulfide) groups is 1. The van der Waals surface area contributed by atoms with E-state index in [9.17, 15) is 14.4 Å². The number of carbonyl (C=O) groups excluding carboxylic acids is 3. The minimum Gasteiger partial charge on any atom is -0.390 e. The Labute approximate surface area is 110 Å². The topological polar surface area (TPSA) is 81.7 Å². The van der Waals surface area contributed by atoms with Crippen molar-refractivity contribution in [3.8, 4) is 0 Å². The summed E-state index contributed by atoms with van der Waals surface area (Å²) in [6, 6.07) is 0. The number of nitrogens with one attached hydrogen (secondary N) is 1. The summed E-state index contributed by atoms with van der Waals surface area (Å²) < 4.78 is 9.83. The van der Waals surface area contributed by atoms with Gasteiger partial charge in [0.2, 0.25) is 5.72 Å². The van der Waals surface area contributed by atoms with Gasteiger partial charge in [0.05, 0.1) is 6.42 Å². The van der Waals surface area contributed by atoms with Crippen molar-refractivity contribution in [3.63, 3.8) is 0 Å². The van der Waals surface area contributed by atoms with Crippen LogP contribution in [0.4, 0.5) is 0 Å². The van der Waals surface area contributed by atoms with E-state index in [4.69, 9.17) is 9.47 Å². The van der Waals surface area contributed by atoms with Crippen LogP contribution in [0.15, 0.2) is 0 Å². The number of esters is 2. The molecular formula is C11H17NO5S. The van der Waals surface area contributed by atoms with E-state index < -0.39 is 17.7 Å². The van der Waals surface area contributed by atoms with Crippen LogP contribution in [0.5, 0.6) is 0 Å². The summed E-state index contributed by atoms with van der Waals surface area (Å²) in [4.78, 5) is 33.9. The monoisotopic (exact) mass is 275 g/mol. The highest BCUT2D eigenvalue weighted by Gasteiger charge is 2.43. The minimum absolute atomic E-state index is 0.0236. The Hall–Kier alpha value is -0.920. The molecule has 102 valence electrons. The Morgan fingerprint density at radius 2 is 2.11 bits per heavy atom. The van der Waals surface area contributed by atoms with Crippen LogP contribution in [0.1, 0.15) is 26.2 Å². The predicted octanol–water partition coefficient (Wildman–Crippen LogP) is 0.452. The summed E-state index contributed by atoms with van der Waals surface area (Å²) in [5.41, 5.74) is -1.19. The Morgan fingerprint density at radius 1 is 1.39 bits per heavy atom. The lowest BCUT2D eigenvalue weighted by Gasteiger charge is -2.24. The van der Waals surface area contributed by atoms with Gasteiger partial charge < -0.3 is 9.47 Å². The van der Waals surface area contributed by atoms with Crippen LogP contribution in [-0.4, -0.2) is 42.2 Å². The van der Waals surface area contributed by atoms with Crippen molar-refractivity contribution in [2.75, 3.05) is 19.4 Å². The van der Waals surface area contributed by atoms with Gasteiger partial charge >= 0.3 is 11.9 Å². The molecule has 7 heteroatoms. The van der Waals surface area contributed by atoms with E-state index in [-0.39, 0.29) is 11.5 Å². The zero-order valence-electron chi connectivity index (χ0n) is 10.5. The zero-order valence-corrected chi connectivity index (χ0v) is 11.3. The minimum atomic E-state index is -1.19. The molecule has 1 saturated heterocycles. The molecule has 1 aliphatic rings. The standard InChI is InChI=1S/C11H17NO5S/c1-8(13)18-7-4-9(14)17-10(15)11(16-2)5-3-6-12-11/h12H,3-7H2,1-2H3/t11-/m1/s1. The van der Waals surface area contributed by atoms with Crippen LogP contribution in [0.3, 0.4) is 0 Å². The fourth-order valence-electron chi connectivity index (χ4n) is 1.66. The first-order valence-electron chi connectivity index (χ1n) is 5.69. The van der Waals surface area contributed by atoms with Crippen LogP contribution in [0.2, 0.25) is 0 Å². The molecule has 1 rings (SSSR count). The van der Waals surface area contributed by atoms with Crippen molar-refractivity contribution >= 4 is 28.8 Å². The van der Waals surface area contributed by atoms with E-state index in [0.29, 0.717) is 18.7 Å². The van der Waals surface area contributed by atoms with Gasteiger partial charge in [0.1, 0.15) is 0 Å². The lowest BCUT2D eigenvalue weighted by Crippen LogP contribution is -2.50. The molecular weight excluding hydrogens is 258 g/mol. The van der Waals surface area contributed by atoms with Gasteiger partial charge in [0, 0.05) is 26.2 Å². The van der Waals surface area contributed by atoms with Crippen molar-refractivity contribution in [3.05, 3.63) is 0 Å². The maximum atomic E-state index is 11.8. The van der Waals surface area contributed by atoms with Crippen molar-refractivity contribution in [1.82, 2.24) is 5.32 Å². The Kier molecular flexibility index (Phi) is 5.77. The van der Waals surface area contributed by atoms with E-state index >= 15 is 0 Å². The van der Waals surface area contributed by atoms with Gasteiger partial charge in [-0.05, 0) is 13.0 Å². The Balaban J connectivity index is 2.39. The van der Waals surface area contributed by atoms with Crippen LogP contribution in [-0.2, 0) is 23.9 Å². The average molecular weight is 275 g/mol. The average Bonchev–Trinajstić information content (AvgIpc) is 2.78. The quantitative estimate of drug-likeness (QED) is 0.576. The van der Waals surface area contributed by atoms with E-state index in [1.54, 1.807) is 0 Å². The molecule has 0 saturated carbocycles. The van der Waals surface area contributed by atoms with Crippen LogP contribution >= 0.6 is 11.8 Å². The summed E-state index contributed by atoms with van der Waals surface area (Å²) in [6.45, 7) is 2.07. The molecule has 0 aliphatic carbocycles. The van der Waals surface area contributed by atoms with Crippen molar-refractivity contribution in [2.45, 2.75) is 31.9 Å². The van der Waals surface area contributed by atoms with Gasteiger partial charge in [-0.15, -0.1) is 0 Å². The lowest BCUT2D eigenvalue weighted by molar-refractivity contribution is -0.178. The molecule has 1 aliphatic heterocycles. The number of carbonyl (C=O) groups is 3. The van der Waals surface area contributed by atoms with Gasteiger partial charge in [0.15, 0.2) is 5.12 Å². The second-order valence-electron chi connectivity index (χ2n) is 3.91. The predicted molar refractivity (Wildman–Crippen MR) is 65.8 cm³/mol. The van der Waals surface area contributed by atoms with E-state index in [1.807, 2.05) is 0 Å². The molecule has 0 aromatic rings. The molecule has 1 N–H and O–H groups in total. The zero-order chi connectivity index (χ0) is 13.6. The SMILES string of the molecule is CO[C@@]1(C(=O)OC(=O)CCSC(C)=O)CCCN1. The molecule has 0 unspecified atom stereocenters. The first kappa shape index (κ1) is 15.1. The highest BCUT2D eigenvalue weighted by Crippen LogP contribution is 2.21. The Bertz CT molecular complexity index is 338. The third kappa shape index (κ3) is 4.08. The summed E-state index contributed by atoms with van der Waals surface area (Å²) >= 11 is 1.03. The van der Waals surface area contributed by atoms with Gasteiger partial charge in [-0.2, -0.15) is 0 Å². The molecule has 0 radical (unpaired) electrons. The van der Waals surface area contributed by atoms with Crippen LogP contribution in [0, 0.1) is 0 Å². The molecule has 1 fully saturated rings. The highest BCUT2D eigenvalue weighted by atomic mass is 32.2. The molecule has 0 aromatic carbocycles. The molecule has 0 aromatic heterocycles. The van der Waals surface area contributed by atoms with Gasteiger partial charge in [0.25, 0.3) is 0 Å². The first-order chi connectivity index (χ1) is 8.50. The summed E-state index contributed by atoms with van der Waals surface area (Å²) in [6.07, 6.45) is 1.30. The van der Waals surface area contributed by atoms with E-state index in [0.717, 1.165) is 18.2 Å².